The first-order valence-electron chi connectivity index (χ1n) is 6.32. The van der Waals surface area contributed by atoms with Crippen LogP contribution in [0, 0.1) is 0 Å². The van der Waals surface area contributed by atoms with Crippen LogP contribution in [0.3, 0.4) is 0 Å². The van der Waals surface area contributed by atoms with E-state index >= 15 is 0 Å². The van der Waals surface area contributed by atoms with Crippen LogP contribution in [-0.2, 0) is 19.3 Å². The second-order valence-corrected chi connectivity index (χ2v) is 4.99. The van der Waals surface area contributed by atoms with Crippen molar-refractivity contribution in [1.29, 1.82) is 0 Å². The molecule has 0 aliphatic heterocycles. The lowest BCUT2D eigenvalue weighted by Crippen LogP contribution is -2.28. The van der Waals surface area contributed by atoms with Crippen molar-refractivity contribution in [3.63, 3.8) is 0 Å². The lowest BCUT2D eigenvalue weighted by molar-refractivity contribution is -0.141. The van der Waals surface area contributed by atoms with E-state index < -0.39 is 17.8 Å². The van der Waals surface area contributed by atoms with Crippen LogP contribution in [0.2, 0.25) is 5.02 Å². The Morgan fingerprint density at radius 1 is 1.50 bits per heavy atom. The summed E-state index contributed by atoms with van der Waals surface area (Å²) >= 11 is 5.99. The first kappa shape index (κ1) is 16.3. The number of carbonyl (C=O) groups excluding carboxylic acids is 1. The van der Waals surface area contributed by atoms with Crippen LogP contribution in [0.1, 0.15) is 28.8 Å². The second kappa shape index (κ2) is 5.99. The monoisotopic (exact) mass is 335 g/mol. The van der Waals surface area contributed by atoms with Crippen LogP contribution in [0.15, 0.2) is 12.3 Å². The van der Waals surface area contributed by atoms with Gasteiger partial charge >= 0.3 is 6.18 Å². The zero-order valence-corrected chi connectivity index (χ0v) is 12.5. The van der Waals surface area contributed by atoms with Gasteiger partial charge < -0.3 is 4.90 Å². The Labute approximate surface area is 128 Å². The quantitative estimate of drug-likeness (QED) is 0.933. The molecule has 0 unspecified atom stereocenters. The molecule has 120 valence electrons. The van der Waals surface area contributed by atoms with Gasteiger partial charge in [-0.1, -0.05) is 11.6 Å². The smallest absolute Gasteiger partial charge is 0.334 e. The molecule has 10 heteroatoms. The third-order valence-corrected chi connectivity index (χ3v) is 3.35. The maximum absolute atomic E-state index is 12.5. The van der Waals surface area contributed by atoms with Gasteiger partial charge in [0.2, 0.25) is 0 Å². The average Bonchev–Trinajstić information content (AvgIpc) is 3.05. The lowest BCUT2D eigenvalue weighted by atomic mass is 10.3. The van der Waals surface area contributed by atoms with Crippen molar-refractivity contribution in [3.05, 3.63) is 34.4 Å². The van der Waals surface area contributed by atoms with Crippen LogP contribution in [0.25, 0.3) is 0 Å². The molecule has 0 saturated carbocycles. The fourth-order valence-corrected chi connectivity index (χ4v) is 2.09. The fourth-order valence-electron chi connectivity index (χ4n) is 1.89. The highest BCUT2D eigenvalue weighted by Crippen LogP contribution is 2.28. The molecule has 2 aromatic rings. The molecule has 0 fully saturated rings. The molecule has 2 heterocycles. The molecule has 0 atom stereocenters. The van der Waals surface area contributed by atoms with Crippen molar-refractivity contribution < 1.29 is 18.0 Å². The molecule has 0 radical (unpaired) electrons. The molecule has 0 aliphatic rings. The van der Waals surface area contributed by atoms with E-state index in [-0.39, 0.29) is 12.2 Å². The van der Waals surface area contributed by atoms with E-state index in [9.17, 15) is 18.0 Å². The van der Waals surface area contributed by atoms with Crippen LogP contribution in [0.5, 0.6) is 0 Å². The number of aromatic amines is 1. The van der Waals surface area contributed by atoms with Gasteiger partial charge in [-0.3, -0.25) is 14.6 Å². The minimum atomic E-state index is -4.58. The minimum absolute atomic E-state index is 0.111. The van der Waals surface area contributed by atoms with Crippen molar-refractivity contribution >= 4 is 17.5 Å². The van der Waals surface area contributed by atoms with E-state index in [0.29, 0.717) is 23.3 Å². The van der Waals surface area contributed by atoms with Crippen LogP contribution in [-0.4, -0.2) is 37.8 Å². The number of alkyl halides is 3. The summed E-state index contributed by atoms with van der Waals surface area (Å²) in [6.07, 6.45) is -3.12. The first-order chi connectivity index (χ1) is 10.2. The van der Waals surface area contributed by atoms with Crippen molar-refractivity contribution in [2.45, 2.75) is 26.2 Å². The number of H-pyrrole nitrogens is 1. The summed E-state index contributed by atoms with van der Waals surface area (Å²) in [5.41, 5.74) is -0.777. The fraction of sp³-hybridized carbons (Fsp3) is 0.417. The number of nitrogens with one attached hydrogen (secondary N) is 1. The molecule has 2 rings (SSSR count). The molecule has 2 aromatic heterocycles. The Kier molecular flexibility index (Phi) is 4.45. The number of carbonyl (C=O) groups is 1. The Morgan fingerprint density at radius 3 is 2.73 bits per heavy atom. The van der Waals surface area contributed by atoms with Crippen LogP contribution in [0.4, 0.5) is 13.2 Å². The van der Waals surface area contributed by atoms with E-state index in [1.54, 1.807) is 4.68 Å². The van der Waals surface area contributed by atoms with Gasteiger partial charge in [-0.15, -0.1) is 0 Å². The van der Waals surface area contributed by atoms with E-state index in [1.807, 2.05) is 12.0 Å². The Bertz CT molecular complexity index is 679. The van der Waals surface area contributed by atoms with Gasteiger partial charge in [-0.2, -0.15) is 23.4 Å². The van der Waals surface area contributed by atoms with Gasteiger partial charge in [-0.05, 0) is 6.92 Å². The molecule has 0 spiro atoms. The summed E-state index contributed by atoms with van der Waals surface area (Å²) in [6, 6.07) is 0.678. The summed E-state index contributed by atoms with van der Waals surface area (Å²) in [6.45, 7) is 2.53. The first-order valence-corrected chi connectivity index (χ1v) is 6.70. The van der Waals surface area contributed by atoms with E-state index in [2.05, 4.69) is 10.2 Å². The van der Waals surface area contributed by atoms with Crippen molar-refractivity contribution in [1.82, 2.24) is 24.9 Å². The summed E-state index contributed by atoms with van der Waals surface area (Å²) in [5.74, 6) is -0.647. The highest BCUT2D eigenvalue weighted by atomic mass is 35.5. The summed E-state index contributed by atoms with van der Waals surface area (Å²) in [7, 11) is 1.45. The molecule has 0 saturated heterocycles. The van der Waals surface area contributed by atoms with Gasteiger partial charge in [-0.25, -0.2) is 0 Å². The molecule has 1 amide bonds. The largest absolute Gasteiger partial charge is 0.432 e. The van der Waals surface area contributed by atoms with E-state index in [4.69, 9.17) is 11.6 Å². The predicted molar refractivity (Wildman–Crippen MR) is 72.3 cm³/mol. The number of halogens is 4. The number of hydrogen-bond acceptors (Lipinski definition) is 3. The number of rotatable bonds is 4. The Balaban J connectivity index is 2.15. The Morgan fingerprint density at radius 2 is 2.18 bits per heavy atom. The van der Waals surface area contributed by atoms with Gasteiger partial charge in [0.05, 0.1) is 23.5 Å². The van der Waals surface area contributed by atoms with Gasteiger partial charge in [0.25, 0.3) is 5.91 Å². The lowest BCUT2D eigenvalue weighted by Gasteiger charge is -2.16. The Hall–Kier alpha value is -2.03. The average molecular weight is 336 g/mol. The zero-order valence-electron chi connectivity index (χ0n) is 11.8. The maximum atomic E-state index is 12.5. The molecule has 22 heavy (non-hydrogen) atoms. The number of hydrogen-bond donors (Lipinski definition) is 1. The number of aryl methyl sites for hydroxylation is 1. The van der Waals surface area contributed by atoms with E-state index in [0.717, 1.165) is 0 Å². The third-order valence-electron chi connectivity index (χ3n) is 3.03. The van der Waals surface area contributed by atoms with Gasteiger partial charge in [0.1, 0.15) is 5.69 Å². The van der Waals surface area contributed by atoms with Gasteiger partial charge in [0, 0.05) is 19.7 Å². The predicted octanol–water partition coefficient (Wildman–Crippen LogP) is 2.57. The topological polar surface area (TPSA) is 66.8 Å². The van der Waals surface area contributed by atoms with E-state index in [1.165, 1.54) is 18.1 Å². The van der Waals surface area contributed by atoms with Crippen LogP contribution < -0.4 is 0 Å². The van der Waals surface area contributed by atoms with Crippen molar-refractivity contribution in [3.8, 4) is 0 Å². The maximum Gasteiger partial charge on any atom is 0.432 e. The van der Waals surface area contributed by atoms with Crippen molar-refractivity contribution in [2.75, 3.05) is 7.05 Å². The number of aromatic nitrogens is 4. The summed E-state index contributed by atoms with van der Waals surface area (Å²) in [4.78, 5) is 13.4. The highest BCUT2D eigenvalue weighted by Gasteiger charge is 2.34. The molecule has 0 bridgehead atoms. The molecule has 6 nitrogen and oxygen atoms in total. The SMILES string of the molecule is CCn1ncc(Cl)c1CN(C)C(=O)c1cc(C(F)(F)F)[nH]n1. The van der Waals surface area contributed by atoms with Crippen LogP contribution >= 0.6 is 11.6 Å². The molecule has 1 N–H and O–H groups in total. The highest BCUT2D eigenvalue weighted by molar-refractivity contribution is 6.31. The normalized spacial score (nSPS) is 11.7. The molecule has 0 aromatic carbocycles. The molecular weight excluding hydrogens is 323 g/mol. The summed E-state index contributed by atoms with van der Waals surface area (Å²) in [5, 5.41) is 9.63. The molecule has 0 aliphatic carbocycles. The summed E-state index contributed by atoms with van der Waals surface area (Å²) < 4.78 is 39.1. The second-order valence-electron chi connectivity index (χ2n) is 4.58. The minimum Gasteiger partial charge on any atom is -0.334 e. The van der Waals surface area contributed by atoms with Gasteiger partial charge in [0.15, 0.2) is 5.69 Å². The standard InChI is InChI=1S/C12H13ClF3N5O/c1-3-21-9(7(13)5-17-21)6-20(2)11(22)8-4-10(19-18-8)12(14,15)16/h4-5H,3,6H2,1-2H3,(H,18,19). The van der Waals surface area contributed by atoms with Crippen molar-refractivity contribution in [2.24, 2.45) is 0 Å². The zero-order chi connectivity index (χ0) is 16.5. The third kappa shape index (κ3) is 3.24. The molecular formula is C12H13ClF3N5O. The number of nitrogens with zero attached hydrogens (tertiary/aromatic N) is 4. The number of amides is 1.